The van der Waals surface area contributed by atoms with Crippen molar-refractivity contribution in [2.45, 2.75) is 43.6 Å². The van der Waals surface area contributed by atoms with Crippen molar-refractivity contribution in [3.63, 3.8) is 0 Å². The van der Waals surface area contributed by atoms with Crippen LogP contribution in [-0.4, -0.2) is 17.4 Å². The van der Waals surface area contributed by atoms with Crippen LogP contribution >= 0.6 is 0 Å². The second kappa shape index (κ2) is 5.05. The predicted octanol–water partition coefficient (Wildman–Crippen LogP) is 3.65. The fraction of sp³-hybridized carbons (Fsp3) is 0.524. The van der Waals surface area contributed by atoms with Crippen molar-refractivity contribution < 1.29 is 14.3 Å². The second-order valence-electron chi connectivity index (χ2n) is 7.88. The number of Topliss-reactive ketones (excluding diaryl/α,β-unsaturated/α-hetero) is 1. The normalized spacial score (nSPS) is 43.1. The molecular formula is C21H22O3. The molecule has 2 bridgehead atoms. The van der Waals surface area contributed by atoms with Crippen molar-refractivity contribution in [3.05, 3.63) is 48.0 Å². The molecule has 0 radical (unpaired) electrons. The molecule has 1 saturated heterocycles. The van der Waals surface area contributed by atoms with Gasteiger partial charge in [0.05, 0.1) is 5.92 Å². The number of carbonyl (C=O) groups is 2. The molecule has 0 N–H and O–H groups in total. The first kappa shape index (κ1) is 14.4. The number of rotatable bonds is 1. The Bertz CT molecular complexity index is 722. The summed E-state index contributed by atoms with van der Waals surface area (Å²) in [6, 6.07) is 10.2. The molecule has 3 nitrogen and oxygen atoms in total. The van der Waals surface area contributed by atoms with Gasteiger partial charge >= 0.3 is 5.97 Å². The lowest BCUT2D eigenvalue weighted by Gasteiger charge is -2.48. The van der Waals surface area contributed by atoms with Gasteiger partial charge in [0.1, 0.15) is 0 Å². The van der Waals surface area contributed by atoms with Gasteiger partial charge in [-0.1, -0.05) is 48.9 Å². The average molecular weight is 322 g/mol. The molecule has 0 aromatic heterocycles. The smallest absolute Gasteiger partial charge is 0.311 e. The number of allylic oxidation sites excluding steroid dienone is 2. The molecule has 1 heterocycles. The minimum absolute atomic E-state index is 0.00737. The maximum atomic E-state index is 13.6. The number of carbonyl (C=O) groups excluding carboxylic acids is 2. The van der Waals surface area contributed by atoms with Crippen LogP contribution in [0.5, 0.6) is 0 Å². The molecular weight excluding hydrogens is 300 g/mol. The third-order valence-electron chi connectivity index (χ3n) is 6.79. The predicted molar refractivity (Wildman–Crippen MR) is 89.2 cm³/mol. The van der Waals surface area contributed by atoms with Crippen molar-refractivity contribution >= 4 is 11.8 Å². The monoisotopic (exact) mass is 322 g/mol. The molecule has 0 amide bonds. The highest BCUT2D eigenvalue weighted by Gasteiger charge is 2.64. The van der Waals surface area contributed by atoms with Crippen LogP contribution in [0.3, 0.4) is 0 Å². The van der Waals surface area contributed by atoms with Crippen LogP contribution in [0.25, 0.3) is 0 Å². The van der Waals surface area contributed by atoms with Gasteiger partial charge in [0.25, 0.3) is 0 Å². The number of fused-ring (bicyclic) bond motifs is 5. The molecule has 124 valence electrons. The van der Waals surface area contributed by atoms with Crippen LogP contribution in [0.4, 0.5) is 0 Å². The Morgan fingerprint density at radius 1 is 0.958 bits per heavy atom. The van der Waals surface area contributed by atoms with Crippen LogP contribution in [0.1, 0.15) is 43.6 Å². The summed E-state index contributed by atoms with van der Waals surface area (Å²) >= 11 is 0. The summed E-state index contributed by atoms with van der Waals surface area (Å²) in [5, 5.41) is 0. The zero-order valence-electron chi connectivity index (χ0n) is 13.7. The van der Waals surface area contributed by atoms with Crippen LogP contribution in [0, 0.1) is 23.7 Å². The highest BCUT2D eigenvalue weighted by molar-refractivity contribution is 6.00. The van der Waals surface area contributed by atoms with E-state index in [1.54, 1.807) is 0 Å². The van der Waals surface area contributed by atoms with Crippen molar-refractivity contribution in [2.24, 2.45) is 23.7 Å². The SMILES string of the molecule is O=C1O[C@]2(CCCC[C@H]2c2ccccc2)C(=O)[C@H]2C3C=CC(C3)[C@@H]12. The van der Waals surface area contributed by atoms with Crippen LogP contribution in [-0.2, 0) is 14.3 Å². The quantitative estimate of drug-likeness (QED) is 0.585. The fourth-order valence-corrected chi connectivity index (χ4v) is 5.76. The van der Waals surface area contributed by atoms with Gasteiger partial charge in [0.2, 0.25) is 0 Å². The second-order valence-corrected chi connectivity index (χ2v) is 7.88. The number of esters is 1. The van der Waals surface area contributed by atoms with Gasteiger partial charge in [0.15, 0.2) is 11.4 Å². The van der Waals surface area contributed by atoms with Crippen molar-refractivity contribution in [1.82, 2.24) is 0 Å². The average Bonchev–Trinajstić information content (AvgIpc) is 3.23. The molecule has 2 unspecified atom stereocenters. The van der Waals surface area contributed by atoms with Crippen LogP contribution < -0.4 is 0 Å². The van der Waals surface area contributed by atoms with Crippen molar-refractivity contribution in [2.75, 3.05) is 0 Å². The lowest BCUT2D eigenvalue weighted by atomic mass is 9.62. The standard InChI is InChI=1S/C21H22O3/c22-19-17-14-9-10-15(12-14)18(17)20(23)24-21(19)11-5-4-8-16(21)13-6-2-1-3-7-13/h1-3,6-7,9-10,14-18H,4-5,8,11-12H2/t14?,15?,16-,17-,18+,21-/m0/s1. The van der Waals surface area contributed by atoms with E-state index in [0.717, 1.165) is 31.2 Å². The van der Waals surface area contributed by atoms with E-state index in [9.17, 15) is 9.59 Å². The van der Waals surface area contributed by atoms with Gasteiger partial charge in [-0.3, -0.25) is 9.59 Å². The van der Waals surface area contributed by atoms with E-state index in [-0.39, 0.29) is 41.3 Å². The van der Waals surface area contributed by atoms with Gasteiger partial charge < -0.3 is 4.74 Å². The third kappa shape index (κ3) is 1.78. The van der Waals surface area contributed by atoms with Gasteiger partial charge in [-0.05, 0) is 43.1 Å². The largest absolute Gasteiger partial charge is 0.450 e. The molecule has 1 aliphatic heterocycles. The van der Waals surface area contributed by atoms with E-state index in [2.05, 4.69) is 24.3 Å². The van der Waals surface area contributed by atoms with Crippen LogP contribution in [0.2, 0.25) is 0 Å². The Morgan fingerprint density at radius 3 is 2.50 bits per heavy atom. The summed E-state index contributed by atoms with van der Waals surface area (Å²) in [6.07, 6.45) is 8.88. The van der Waals surface area contributed by atoms with E-state index in [4.69, 9.17) is 4.74 Å². The topological polar surface area (TPSA) is 43.4 Å². The number of hydrogen-bond acceptors (Lipinski definition) is 3. The molecule has 3 aliphatic carbocycles. The van der Waals surface area contributed by atoms with Gasteiger partial charge in [-0.2, -0.15) is 0 Å². The lowest BCUT2D eigenvalue weighted by Crippen LogP contribution is -2.60. The summed E-state index contributed by atoms with van der Waals surface area (Å²) in [5.74, 6) is 0.176. The summed E-state index contributed by atoms with van der Waals surface area (Å²) in [4.78, 5) is 26.4. The molecule has 4 aliphatic rings. The molecule has 5 rings (SSSR count). The number of hydrogen-bond donors (Lipinski definition) is 0. The zero-order chi connectivity index (χ0) is 16.3. The first-order valence-electron chi connectivity index (χ1n) is 9.21. The highest BCUT2D eigenvalue weighted by Crippen LogP contribution is 2.57. The fourth-order valence-electron chi connectivity index (χ4n) is 5.76. The molecule has 6 atom stereocenters. The Kier molecular flexibility index (Phi) is 3.04. The number of benzene rings is 1. The van der Waals surface area contributed by atoms with E-state index >= 15 is 0 Å². The lowest BCUT2D eigenvalue weighted by molar-refractivity contribution is -0.193. The first-order chi connectivity index (χ1) is 11.7. The van der Waals surface area contributed by atoms with E-state index in [0.29, 0.717) is 6.42 Å². The van der Waals surface area contributed by atoms with E-state index in [1.807, 2.05) is 18.2 Å². The number of ketones is 1. The van der Waals surface area contributed by atoms with E-state index < -0.39 is 5.60 Å². The summed E-state index contributed by atoms with van der Waals surface area (Å²) in [6.45, 7) is 0. The van der Waals surface area contributed by atoms with Gasteiger partial charge in [0, 0.05) is 11.8 Å². The Balaban J connectivity index is 1.59. The van der Waals surface area contributed by atoms with Crippen molar-refractivity contribution in [1.29, 1.82) is 0 Å². The summed E-state index contributed by atoms with van der Waals surface area (Å²) < 4.78 is 6.04. The maximum Gasteiger partial charge on any atom is 0.311 e. The molecule has 3 heteroatoms. The summed E-state index contributed by atoms with van der Waals surface area (Å²) in [7, 11) is 0. The minimum atomic E-state index is -0.920. The molecule has 24 heavy (non-hydrogen) atoms. The Labute approximate surface area is 142 Å². The van der Waals surface area contributed by atoms with E-state index in [1.165, 1.54) is 0 Å². The first-order valence-corrected chi connectivity index (χ1v) is 9.21. The Hall–Kier alpha value is -1.90. The molecule has 1 aromatic carbocycles. The summed E-state index contributed by atoms with van der Waals surface area (Å²) in [5.41, 5.74) is 0.214. The third-order valence-corrected chi connectivity index (χ3v) is 6.79. The zero-order valence-corrected chi connectivity index (χ0v) is 13.7. The highest BCUT2D eigenvalue weighted by atomic mass is 16.6. The molecule has 1 spiro atoms. The molecule has 3 fully saturated rings. The Morgan fingerprint density at radius 2 is 1.71 bits per heavy atom. The molecule has 2 saturated carbocycles. The van der Waals surface area contributed by atoms with Gasteiger partial charge in [-0.25, -0.2) is 0 Å². The van der Waals surface area contributed by atoms with Crippen LogP contribution in [0.15, 0.2) is 42.5 Å². The minimum Gasteiger partial charge on any atom is -0.450 e. The van der Waals surface area contributed by atoms with Crippen molar-refractivity contribution in [3.8, 4) is 0 Å². The molecule has 1 aromatic rings. The van der Waals surface area contributed by atoms with Gasteiger partial charge in [-0.15, -0.1) is 0 Å². The maximum absolute atomic E-state index is 13.6. The number of ether oxygens (including phenoxy) is 1.